The fourth-order valence-electron chi connectivity index (χ4n) is 0.212. The number of carbonyl (C=O) groups is 2. The maximum Gasteiger partial charge on any atom is 0.374 e. The van der Waals surface area contributed by atoms with Gasteiger partial charge in [-0.1, -0.05) is 0 Å². The highest BCUT2D eigenvalue weighted by Gasteiger charge is 2.05. The Hall–Kier alpha value is -0.860. The van der Waals surface area contributed by atoms with Crippen LogP contribution >= 0.6 is 0 Å². The van der Waals surface area contributed by atoms with E-state index in [1.54, 1.807) is 6.92 Å². The molecule has 0 rings (SSSR count). The van der Waals surface area contributed by atoms with Crippen LogP contribution in [0.2, 0.25) is 0 Å². The van der Waals surface area contributed by atoms with Gasteiger partial charge in [0.15, 0.2) is 0 Å². The third-order valence-corrected chi connectivity index (χ3v) is 0.503. The van der Waals surface area contributed by atoms with Gasteiger partial charge in [-0.2, -0.15) is 0 Å². The van der Waals surface area contributed by atoms with Crippen LogP contribution in [0.15, 0.2) is 0 Å². The number of ether oxygens (including phenoxy) is 1. The molecule has 0 amide bonds. The lowest BCUT2D eigenvalue weighted by atomic mass is 10.5. The molecule has 0 atom stereocenters. The van der Waals surface area contributed by atoms with E-state index in [1.165, 1.54) is 0 Å². The van der Waals surface area contributed by atoms with Gasteiger partial charge in [0.1, 0.15) is 0 Å². The van der Waals surface area contributed by atoms with Crippen molar-refractivity contribution >= 4 is 11.8 Å². The fourth-order valence-corrected chi connectivity index (χ4v) is 0.212. The van der Waals surface area contributed by atoms with Crippen LogP contribution in [-0.4, -0.2) is 18.4 Å². The zero-order chi connectivity index (χ0) is 6.57. The molecule has 0 spiro atoms. The molecule has 0 aliphatic carbocycles. The second-order valence-corrected chi connectivity index (χ2v) is 1.14. The molecule has 0 aliphatic rings. The van der Waals surface area contributed by atoms with Crippen LogP contribution in [0.1, 0.15) is 6.92 Å². The molecule has 8 heavy (non-hydrogen) atoms. The molecule has 0 aromatic heterocycles. The number of ketones is 1. The van der Waals surface area contributed by atoms with Crippen LogP contribution in [0.4, 0.5) is 0 Å². The number of carbonyl (C=O) groups excluding carboxylic acids is 2. The van der Waals surface area contributed by atoms with E-state index in [0.29, 0.717) is 0 Å². The van der Waals surface area contributed by atoms with Crippen molar-refractivity contribution < 1.29 is 14.3 Å². The normalized spacial score (nSPS) is 8.25. The summed E-state index contributed by atoms with van der Waals surface area (Å²) in [5.41, 5.74) is 0. The second kappa shape index (κ2) is 3.18. The Morgan fingerprint density at radius 2 is 2.12 bits per heavy atom. The van der Waals surface area contributed by atoms with Crippen molar-refractivity contribution in [2.24, 2.45) is 0 Å². The van der Waals surface area contributed by atoms with Crippen molar-refractivity contribution in [1.82, 2.24) is 0 Å². The molecule has 1 radical (unpaired) electrons. The first-order valence-corrected chi connectivity index (χ1v) is 2.21. The molecule has 3 nitrogen and oxygen atoms in total. The Morgan fingerprint density at radius 3 is 2.25 bits per heavy atom. The molecular weight excluding hydrogens is 108 g/mol. The molecular formula is C5H7O3. The molecule has 0 N–H and O–H groups in total. The summed E-state index contributed by atoms with van der Waals surface area (Å²) in [6.45, 7) is 4.69. The van der Waals surface area contributed by atoms with Crippen LogP contribution in [0.3, 0.4) is 0 Å². The average molecular weight is 115 g/mol. The van der Waals surface area contributed by atoms with Gasteiger partial charge in [-0.05, 0) is 6.92 Å². The lowest BCUT2D eigenvalue weighted by Gasteiger charge is -1.92. The summed E-state index contributed by atoms with van der Waals surface area (Å²) in [5.74, 6) is -1.67. The Bertz CT molecular complexity index is 106. The lowest BCUT2D eigenvalue weighted by Crippen LogP contribution is -2.13. The minimum Gasteiger partial charge on any atom is -0.460 e. The summed E-state index contributed by atoms with van der Waals surface area (Å²) in [6, 6.07) is 0. The van der Waals surface area contributed by atoms with Gasteiger partial charge in [0.25, 0.3) is 0 Å². The minimum atomic E-state index is -0.868. The molecule has 0 aromatic carbocycles. The predicted molar refractivity (Wildman–Crippen MR) is 27.0 cm³/mol. The highest BCUT2D eigenvalue weighted by molar-refractivity contribution is 6.35. The number of esters is 1. The summed E-state index contributed by atoms with van der Waals surface area (Å²) >= 11 is 0. The number of Topliss-reactive ketones (excluding diaryl/α,β-unsaturated/α-hetero) is 1. The van der Waals surface area contributed by atoms with Crippen molar-refractivity contribution in [2.45, 2.75) is 6.92 Å². The van der Waals surface area contributed by atoms with Crippen molar-refractivity contribution in [2.75, 3.05) is 6.61 Å². The van der Waals surface area contributed by atoms with Crippen LogP contribution in [0, 0.1) is 6.92 Å². The molecule has 0 fully saturated rings. The van der Waals surface area contributed by atoms with Crippen LogP contribution in [0.5, 0.6) is 0 Å². The monoisotopic (exact) mass is 115 g/mol. The first-order valence-electron chi connectivity index (χ1n) is 2.21. The van der Waals surface area contributed by atoms with Gasteiger partial charge in [-0.15, -0.1) is 0 Å². The third-order valence-electron chi connectivity index (χ3n) is 0.503. The average Bonchev–Trinajstić information content (AvgIpc) is 1.67. The van der Waals surface area contributed by atoms with Crippen molar-refractivity contribution in [3.63, 3.8) is 0 Å². The summed E-state index contributed by atoms with van der Waals surface area (Å²) < 4.78 is 4.25. The van der Waals surface area contributed by atoms with Crippen molar-refractivity contribution in [1.29, 1.82) is 0 Å². The number of rotatable bonds is 2. The van der Waals surface area contributed by atoms with E-state index in [1.807, 2.05) is 0 Å². The first kappa shape index (κ1) is 7.14. The van der Waals surface area contributed by atoms with Gasteiger partial charge >= 0.3 is 5.97 Å². The van der Waals surface area contributed by atoms with Gasteiger partial charge in [-0.25, -0.2) is 4.79 Å². The van der Waals surface area contributed by atoms with Crippen LogP contribution in [0.25, 0.3) is 0 Å². The zero-order valence-corrected chi connectivity index (χ0v) is 4.64. The summed E-state index contributed by atoms with van der Waals surface area (Å²) in [5, 5.41) is 0. The molecule has 0 saturated carbocycles. The Balaban J connectivity index is 3.49. The van der Waals surface area contributed by atoms with Crippen LogP contribution in [-0.2, 0) is 14.3 Å². The van der Waals surface area contributed by atoms with E-state index < -0.39 is 11.8 Å². The van der Waals surface area contributed by atoms with Gasteiger partial charge in [0, 0.05) is 6.92 Å². The van der Waals surface area contributed by atoms with E-state index in [0.717, 1.165) is 0 Å². The lowest BCUT2D eigenvalue weighted by molar-refractivity contribution is -0.151. The Labute approximate surface area is 47.6 Å². The molecule has 0 aliphatic heterocycles. The molecule has 0 saturated heterocycles. The van der Waals surface area contributed by atoms with Crippen molar-refractivity contribution in [3.05, 3.63) is 6.92 Å². The minimum absolute atomic E-state index is 0.222. The topological polar surface area (TPSA) is 43.4 Å². The fraction of sp³-hybridized carbons (Fsp3) is 0.400. The van der Waals surface area contributed by atoms with Crippen molar-refractivity contribution in [3.8, 4) is 0 Å². The molecule has 0 unspecified atom stereocenters. The highest BCUT2D eigenvalue weighted by atomic mass is 16.5. The number of hydrogen-bond acceptors (Lipinski definition) is 3. The van der Waals surface area contributed by atoms with E-state index in [4.69, 9.17) is 0 Å². The summed E-state index contributed by atoms with van der Waals surface area (Å²) in [6.07, 6.45) is 0. The van der Waals surface area contributed by atoms with E-state index >= 15 is 0 Å². The van der Waals surface area contributed by atoms with Gasteiger partial charge in [0.2, 0.25) is 5.78 Å². The smallest absolute Gasteiger partial charge is 0.374 e. The SMILES string of the molecule is [CH2]C(=O)C(=O)OCC. The van der Waals surface area contributed by atoms with E-state index in [9.17, 15) is 9.59 Å². The van der Waals surface area contributed by atoms with E-state index in [2.05, 4.69) is 11.7 Å². The maximum atomic E-state index is 10.1. The first-order chi connectivity index (χ1) is 3.68. The second-order valence-electron chi connectivity index (χ2n) is 1.14. The molecule has 0 aromatic rings. The summed E-state index contributed by atoms with van der Waals surface area (Å²) in [4.78, 5) is 20.1. The maximum absolute atomic E-state index is 10.1. The quantitative estimate of drug-likeness (QED) is 0.374. The van der Waals surface area contributed by atoms with E-state index in [-0.39, 0.29) is 6.61 Å². The highest BCUT2D eigenvalue weighted by Crippen LogP contribution is 1.76. The van der Waals surface area contributed by atoms with Gasteiger partial charge in [-0.3, -0.25) is 4.79 Å². The Kier molecular flexibility index (Phi) is 2.84. The Morgan fingerprint density at radius 1 is 1.62 bits per heavy atom. The molecule has 3 heteroatoms. The zero-order valence-electron chi connectivity index (χ0n) is 4.64. The van der Waals surface area contributed by atoms with Gasteiger partial charge in [0.05, 0.1) is 6.61 Å². The van der Waals surface area contributed by atoms with Gasteiger partial charge < -0.3 is 4.74 Å². The largest absolute Gasteiger partial charge is 0.460 e. The molecule has 0 heterocycles. The van der Waals surface area contributed by atoms with Crippen LogP contribution < -0.4 is 0 Å². The molecule has 0 bridgehead atoms. The number of hydrogen-bond donors (Lipinski definition) is 0. The molecule has 45 valence electrons. The predicted octanol–water partition coefficient (Wildman–Crippen LogP) is -0.0473. The summed E-state index contributed by atoms with van der Waals surface area (Å²) in [7, 11) is 0. The standard InChI is InChI=1S/C5H7O3/c1-3-8-5(7)4(2)6/h2-3H2,1H3. The third kappa shape index (κ3) is 2.34.